The molecule has 19 heavy (non-hydrogen) atoms. The molecule has 0 bridgehead atoms. The second-order valence-electron chi connectivity index (χ2n) is 4.99. The molecule has 4 heteroatoms. The molecule has 1 aromatic carbocycles. The van der Waals surface area contributed by atoms with Gasteiger partial charge in [0, 0.05) is 25.7 Å². The fraction of sp³-hybridized carbons (Fsp3) is 0.533. The second kappa shape index (κ2) is 7.26. The van der Waals surface area contributed by atoms with Crippen LogP contribution in [0.2, 0.25) is 0 Å². The molecule has 1 heterocycles. The van der Waals surface area contributed by atoms with Crippen molar-refractivity contribution in [2.75, 3.05) is 26.7 Å². The summed E-state index contributed by atoms with van der Waals surface area (Å²) in [5, 5.41) is 3.58. The van der Waals surface area contributed by atoms with Gasteiger partial charge in [0.05, 0.1) is 13.7 Å². The smallest absolute Gasteiger partial charge is 0.319 e. The minimum Gasteiger partial charge on any atom is -0.468 e. The maximum atomic E-state index is 11.2. The number of benzene rings is 1. The summed E-state index contributed by atoms with van der Waals surface area (Å²) in [4.78, 5) is 13.4. The molecule has 4 nitrogen and oxygen atoms in total. The van der Waals surface area contributed by atoms with E-state index in [1.165, 1.54) is 12.7 Å². The van der Waals surface area contributed by atoms with Gasteiger partial charge in [0.1, 0.15) is 0 Å². The quantitative estimate of drug-likeness (QED) is 0.815. The first-order valence-corrected chi connectivity index (χ1v) is 6.84. The third-order valence-electron chi connectivity index (χ3n) is 3.61. The third-order valence-corrected chi connectivity index (χ3v) is 3.61. The van der Waals surface area contributed by atoms with E-state index >= 15 is 0 Å². The zero-order valence-electron chi connectivity index (χ0n) is 11.5. The van der Waals surface area contributed by atoms with Gasteiger partial charge < -0.3 is 10.1 Å². The molecule has 0 radical (unpaired) electrons. The summed E-state index contributed by atoms with van der Waals surface area (Å²) in [7, 11) is 1.44. The average Bonchev–Trinajstić information content (AvgIpc) is 2.47. The predicted molar refractivity (Wildman–Crippen MR) is 74.8 cm³/mol. The fourth-order valence-corrected chi connectivity index (χ4v) is 2.40. The van der Waals surface area contributed by atoms with Gasteiger partial charge in [-0.3, -0.25) is 9.69 Å². The summed E-state index contributed by atoms with van der Waals surface area (Å²) in [5.41, 5.74) is 1.32. The molecular weight excluding hydrogens is 240 g/mol. The monoisotopic (exact) mass is 262 g/mol. The summed E-state index contributed by atoms with van der Waals surface area (Å²) in [6.45, 7) is 3.26. The van der Waals surface area contributed by atoms with Crippen LogP contribution < -0.4 is 5.32 Å². The molecule has 0 amide bonds. The van der Waals surface area contributed by atoms with Gasteiger partial charge in [-0.05, 0) is 18.4 Å². The van der Waals surface area contributed by atoms with Crippen molar-refractivity contribution in [1.82, 2.24) is 10.2 Å². The first-order valence-electron chi connectivity index (χ1n) is 6.84. The molecule has 0 aliphatic carbocycles. The van der Waals surface area contributed by atoms with Crippen LogP contribution in [-0.2, 0) is 16.1 Å². The minimum atomic E-state index is -0.143. The lowest BCUT2D eigenvalue weighted by atomic mass is 10.0. The van der Waals surface area contributed by atoms with Crippen LogP contribution >= 0.6 is 0 Å². The van der Waals surface area contributed by atoms with Crippen LogP contribution in [0.5, 0.6) is 0 Å². The van der Waals surface area contributed by atoms with Gasteiger partial charge in [-0.2, -0.15) is 0 Å². The molecule has 1 aliphatic heterocycles. The molecule has 0 spiro atoms. The van der Waals surface area contributed by atoms with Crippen LogP contribution in [0.1, 0.15) is 18.4 Å². The molecule has 1 saturated heterocycles. The van der Waals surface area contributed by atoms with Gasteiger partial charge in [-0.15, -0.1) is 0 Å². The Balaban J connectivity index is 1.67. The lowest BCUT2D eigenvalue weighted by Crippen LogP contribution is -2.44. The van der Waals surface area contributed by atoms with E-state index < -0.39 is 0 Å². The molecule has 0 saturated carbocycles. The number of nitrogens with zero attached hydrogens (tertiary/aromatic N) is 1. The number of likely N-dealkylation sites (tertiary alicyclic amines) is 1. The van der Waals surface area contributed by atoms with Gasteiger partial charge in [-0.1, -0.05) is 30.3 Å². The molecule has 2 rings (SSSR count). The SMILES string of the molecule is COC(=O)CN1CCC(NCc2ccccc2)CC1. The van der Waals surface area contributed by atoms with E-state index in [1.807, 2.05) is 6.07 Å². The fourth-order valence-electron chi connectivity index (χ4n) is 2.40. The Labute approximate surface area is 114 Å². The van der Waals surface area contributed by atoms with E-state index in [0.717, 1.165) is 32.5 Å². The first kappa shape index (κ1) is 14.0. The van der Waals surface area contributed by atoms with Gasteiger partial charge in [-0.25, -0.2) is 0 Å². The maximum Gasteiger partial charge on any atom is 0.319 e. The van der Waals surface area contributed by atoms with E-state index in [9.17, 15) is 4.79 Å². The van der Waals surface area contributed by atoms with E-state index in [0.29, 0.717) is 12.6 Å². The number of hydrogen-bond donors (Lipinski definition) is 1. The van der Waals surface area contributed by atoms with Crippen LogP contribution in [0.15, 0.2) is 30.3 Å². The summed E-state index contributed by atoms with van der Waals surface area (Å²) in [5.74, 6) is -0.143. The van der Waals surface area contributed by atoms with Gasteiger partial charge in [0.2, 0.25) is 0 Å². The van der Waals surface area contributed by atoms with Crippen molar-refractivity contribution >= 4 is 5.97 Å². The number of methoxy groups -OCH3 is 1. The Hall–Kier alpha value is -1.39. The standard InChI is InChI=1S/C15H22N2O2/c1-19-15(18)12-17-9-7-14(8-10-17)16-11-13-5-3-2-4-6-13/h2-6,14,16H,7-12H2,1H3. The van der Waals surface area contributed by atoms with Crippen LogP contribution in [0.3, 0.4) is 0 Å². The highest BCUT2D eigenvalue weighted by Gasteiger charge is 2.20. The maximum absolute atomic E-state index is 11.2. The van der Waals surface area contributed by atoms with E-state index in [1.54, 1.807) is 0 Å². The van der Waals surface area contributed by atoms with Crippen molar-refractivity contribution in [2.24, 2.45) is 0 Å². The number of rotatable bonds is 5. The Morgan fingerprint density at radius 1 is 1.32 bits per heavy atom. The number of esters is 1. The highest BCUT2D eigenvalue weighted by Crippen LogP contribution is 2.11. The summed E-state index contributed by atoms with van der Waals surface area (Å²) in [6.07, 6.45) is 2.17. The molecule has 104 valence electrons. The zero-order chi connectivity index (χ0) is 13.5. The number of carbonyl (C=O) groups excluding carboxylic acids is 1. The van der Waals surface area contributed by atoms with Crippen molar-refractivity contribution in [3.05, 3.63) is 35.9 Å². The normalized spacial score (nSPS) is 17.3. The Morgan fingerprint density at radius 2 is 2.00 bits per heavy atom. The Kier molecular flexibility index (Phi) is 5.36. The largest absolute Gasteiger partial charge is 0.468 e. The third kappa shape index (κ3) is 4.65. The predicted octanol–water partition coefficient (Wildman–Crippen LogP) is 1.41. The Bertz CT molecular complexity index is 386. The summed E-state index contributed by atoms with van der Waals surface area (Å²) in [6, 6.07) is 11.0. The molecule has 1 aliphatic rings. The van der Waals surface area contributed by atoms with Crippen molar-refractivity contribution in [2.45, 2.75) is 25.4 Å². The van der Waals surface area contributed by atoms with E-state index in [2.05, 4.69) is 39.2 Å². The highest BCUT2D eigenvalue weighted by atomic mass is 16.5. The number of ether oxygens (including phenoxy) is 1. The summed E-state index contributed by atoms with van der Waals surface area (Å²) < 4.78 is 4.69. The average molecular weight is 262 g/mol. The summed E-state index contributed by atoms with van der Waals surface area (Å²) >= 11 is 0. The van der Waals surface area contributed by atoms with Crippen LogP contribution in [-0.4, -0.2) is 43.7 Å². The van der Waals surface area contributed by atoms with Gasteiger partial charge >= 0.3 is 5.97 Å². The Morgan fingerprint density at radius 3 is 2.63 bits per heavy atom. The highest BCUT2D eigenvalue weighted by molar-refractivity contribution is 5.71. The topological polar surface area (TPSA) is 41.6 Å². The zero-order valence-corrected chi connectivity index (χ0v) is 11.5. The molecule has 1 aromatic rings. The number of hydrogen-bond acceptors (Lipinski definition) is 4. The van der Waals surface area contributed by atoms with Crippen LogP contribution in [0.25, 0.3) is 0 Å². The van der Waals surface area contributed by atoms with Crippen molar-refractivity contribution in [1.29, 1.82) is 0 Å². The molecule has 0 aromatic heterocycles. The van der Waals surface area contributed by atoms with Crippen molar-refractivity contribution in [3.63, 3.8) is 0 Å². The van der Waals surface area contributed by atoms with Crippen molar-refractivity contribution < 1.29 is 9.53 Å². The molecule has 0 atom stereocenters. The molecule has 0 unspecified atom stereocenters. The lowest BCUT2D eigenvalue weighted by Gasteiger charge is -2.31. The van der Waals surface area contributed by atoms with E-state index in [4.69, 9.17) is 0 Å². The van der Waals surface area contributed by atoms with E-state index in [-0.39, 0.29) is 5.97 Å². The molecule has 1 fully saturated rings. The molecular formula is C15H22N2O2. The first-order chi connectivity index (χ1) is 9.28. The minimum absolute atomic E-state index is 0.143. The van der Waals surface area contributed by atoms with Crippen molar-refractivity contribution in [3.8, 4) is 0 Å². The number of nitrogens with one attached hydrogen (secondary N) is 1. The number of piperidine rings is 1. The molecule has 1 N–H and O–H groups in total. The number of carbonyl (C=O) groups is 1. The van der Waals surface area contributed by atoms with Gasteiger partial charge in [0.15, 0.2) is 0 Å². The lowest BCUT2D eigenvalue weighted by molar-refractivity contribution is -0.142. The second-order valence-corrected chi connectivity index (χ2v) is 4.99. The van der Waals surface area contributed by atoms with Crippen LogP contribution in [0.4, 0.5) is 0 Å². The van der Waals surface area contributed by atoms with Gasteiger partial charge in [0.25, 0.3) is 0 Å². The van der Waals surface area contributed by atoms with Crippen LogP contribution in [0, 0.1) is 0 Å².